The highest BCUT2D eigenvalue weighted by Gasteiger charge is 2.48. The Bertz CT molecular complexity index is 404. The van der Waals surface area contributed by atoms with Crippen molar-refractivity contribution in [2.75, 3.05) is 12.4 Å². The number of amides is 1. The molecule has 0 aliphatic carbocycles. The number of hydrogen-bond acceptors (Lipinski definition) is 5. The summed E-state index contributed by atoms with van der Waals surface area (Å²) in [6.45, 7) is 0.763. The highest BCUT2D eigenvalue weighted by atomic mass is 32.2. The Labute approximate surface area is 100 Å². The Hall–Kier alpha value is -0.660. The van der Waals surface area contributed by atoms with Gasteiger partial charge in [-0.05, 0) is 0 Å². The largest absolute Gasteiger partial charge is 0.477 e. The molecule has 3 rings (SSSR count). The predicted molar refractivity (Wildman–Crippen MR) is 59.7 cm³/mol. The number of carbonyl (C=O) groups is 2. The van der Waals surface area contributed by atoms with Crippen molar-refractivity contribution in [1.29, 1.82) is 0 Å². The highest BCUT2D eigenvalue weighted by Crippen LogP contribution is 2.50. The third kappa shape index (κ3) is 1.63. The standard InChI is InChI=1S/C9H9NO4S2/c11-5-1-6-10(5)7(8(12)13)9(16-6)15-3-4-2-14-4/h4,6H,1-3H2,(H,12,13). The molecule has 0 bridgehead atoms. The minimum Gasteiger partial charge on any atom is -0.477 e. The summed E-state index contributed by atoms with van der Waals surface area (Å²) in [5.74, 6) is -0.330. The van der Waals surface area contributed by atoms with Crippen molar-refractivity contribution in [2.24, 2.45) is 0 Å². The van der Waals surface area contributed by atoms with E-state index in [1.54, 1.807) is 0 Å². The van der Waals surface area contributed by atoms with E-state index < -0.39 is 5.97 Å². The predicted octanol–water partition coefficient (Wildman–Crippen LogP) is 0.677. The number of ether oxygens (including phenoxy) is 1. The summed E-state index contributed by atoms with van der Waals surface area (Å²) < 4.78 is 5.82. The molecule has 0 spiro atoms. The van der Waals surface area contributed by atoms with Crippen LogP contribution in [0.3, 0.4) is 0 Å². The van der Waals surface area contributed by atoms with Gasteiger partial charge in [-0.25, -0.2) is 4.79 Å². The Kier molecular flexibility index (Phi) is 2.41. The molecule has 2 atom stereocenters. The van der Waals surface area contributed by atoms with Crippen LogP contribution in [0, 0.1) is 0 Å². The van der Waals surface area contributed by atoms with Gasteiger partial charge in [-0.1, -0.05) is 11.8 Å². The zero-order valence-corrected chi connectivity index (χ0v) is 9.84. The van der Waals surface area contributed by atoms with Crippen LogP contribution in [0.2, 0.25) is 0 Å². The van der Waals surface area contributed by atoms with E-state index in [1.807, 2.05) is 0 Å². The van der Waals surface area contributed by atoms with Crippen molar-refractivity contribution in [3.05, 3.63) is 9.93 Å². The molecular formula is C9H9NO4S2. The van der Waals surface area contributed by atoms with Gasteiger partial charge >= 0.3 is 5.97 Å². The van der Waals surface area contributed by atoms with Crippen LogP contribution in [0.4, 0.5) is 0 Å². The van der Waals surface area contributed by atoms with Gasteiger partial charge in [0.15, 0.2) is 5.70 Å². The van der Waals surface area contributed by atoms with Crippen LogP contribution >= 0.6 is 23.5 Å². The van der Waals surface area contributed by atoms with E-state index in [9.17, 15) is 9.59 Å². The van der Waals surface area contributed by atoms with E-state index in [1.165, 1.54) is 28.4 Å². The van der Waals surface area contributed by atoms with E-state index >= 15 is 0 Å². The van der Waals surface area contributed by atoms with Crippen molar-refractivity contribution < 1.29 is 19.4 Å². The van der Waals surface area contributed by atoms with E-state index in [-0.39, 0.29) is 23.1 Å². The van der Waals surface area contributed by atoms with E-state index in [0.717, 1.165) is 16.6 Å². The van der Waals surface area contributed by atoms with Crippen LogP contribution in [0.15, 0.2) is 9.93 Å². The molecule has 0 aromatic rings. The van der Waals surface area contributed by atoms with Gasteiger partial charge in [0.25, 0.3) is 0 Å². The number of thioether (sulfide) groups is 2. The maximum atomic E-state index is 11.3. The molecule has 0 aromatic carbocycles. The van der Waals surface area contributed by atoms with Crippen molar-refractivity contribution >= 4 is 35.4 Å². The van der Waals surface area contributed by atoms with Crippen molar-refractivity contribution in [3.8, 4) is 0 Å². The lowest BCUT2D eigenvalue weighted by atomic mass is 10.2. The van der Waals surface area contributed by atoms with Crippen molar-refractivity contribution in [2.45, 2.75) is 17.9 Å². The minimum atomic E-state index is -1.01. The monoisotopic (exact) mass is 259 g/mol. The first kappa shape index (κ1) is 10.5. The molecule has 2 saturated heterocycles. The summed E-state index contributed by atoms with van der Waals surface area (Å²) in [7, 11) is 0. The molecule has 0 aromatic heterocycles. The average molecular weight is 259 g/mol. The van der Waals surface area contributed by atoms with E-state index in [4.69, 9.17) is 9.84 Å². The number of hydrogen-bond donors (Lipinski definition) is 1. The smallest absolute Gasteiger partial charge is 0.354 e. The SMILES string of the molecule is O=C(O)C1=C(SCC2CO2)SC2CC(=O)N12. The molecule has 3 aliphatic rings. The third-order valence-corrected chi connectivity index (χ3v) is 5.28. The lowest BCUT2D eigenvalue weighted by Crippen LogP contribution is -2.48. The van der Waals surface area contributed by atoms with Gasteiger partial charge in [0.2, 0.25) is 5.91 Å². The Morgan fingerprint density at radius 2 is 2.44 bits per heavy atom. The second kappa shape index (κ2) is 3.68. The van der Waals surface area contributed by atoms with Crippen LogP contribution in [-0.2, 0) is 14.3 Å². The van der Waals surface area contributed by atoms with Gasteiger partial charge < -0.3 is 9.84 Å². The molecule has 16 heavy (non-hydrogen) atoms. The van der Waals surface area contributed by atoms with Gasteiger partial charge in [0.1, 0.15) is 0 Å². The van der Waals surface area contributed by atoms with Gasteiger partial charge in [-0.3, -0.25) is 9.69 Å². The number of β-lactam (4-membered cyclic amide) rings is 1. The Morgan fingerprint density at radius 1 is 1.69 bits per heavy atom. The van der Waals surface area contributed by atoms with E-state index in [0.29, 0.717) is 6.42 Å². The first-order valence-electron chi connectivity index (χ1n) is 4.87. The third-order valence-electron chi connectivity index (χ3n) is 2.59. The Balaban J connectivity index is 1.77. The molecule has 3 aliphatic heterocycles. The summed E-state index contributed by atoms with van der Waals surface area (Å²) in [5.41, 5.74) is 0.164. The molecule has 0 radical (unpaired) electrons. The molecule has 7 heteroatoms. The average Bonchev–Trinajstić information content (AvgIpc) is 2.98. The number of nitrogens with zero attached hydrogens (tertiary/aromatic N) is 1. The Morgan fingerprint density at radius 3 is 3.00 bits per heavy atom. The summed E-state index contributed by atoms with van der Waals surface area (Å²) in [6, 6.07) is 0. The summed E-state index contributed by atoms with van der Waals surface area (Å²) >= 11 is 2.97. The molecule has 2 unspecified atom stereocenters. The number of carboxylic acids is 1. The number of rotatable bonds is 4. The lowest BCUT2D eigenvalue weighted by Gasteiger charge is -2.33. The fourth-order valence-corrected chi connectivity index (χ4v) is 4.41. The topological polar surface area (TPSA) is 70.1 Å². The van der Waals surface area contributed by atoms with Gasteiger partial charge in [-0.2, -0.15) is 0 Å². The lowest BCUT2D eigenvalue weighted by molar-refractivity contribution is -0.145. The quantitative estimate of drug-likeness (QED) is 0.591. The maximum absolute atomic E-state index is 11.3. The second-order valence-electron chi connectivity index (χ2n) is 3.75. The normalized spacial score (nSPS) is 31.5. The summed E-state index contributed by atoms with van der Waals surface area (Å²) in [5, 5.41) is 9.11. The van der Waals surface area contributed by atoms with Crippen LogP contribution in [-0.4, -0.2) is 45.7 Å². The van der Waals surface area contributed by atoms with Crippen molar-refractivity contribution in [3.63, 3.8) is 0 Å². The molecule has 1 N–H and O–H groups in total. The van der Waals surface area contributed by atoms with Crippen LogP contribution in [0.1, 0.15) is 6.42 Å². The molecule has 86 valence electrons. The molecule has 5 nitrogen and oxygen atoms in total. The molecular weight excluding hydrogens is 250 g/mol. The second-order valence-corrected chi connectivity index (χ2v) is 6.22. The molecule has 0 saturated carbocycles. The van der Waals surface area contributed by atoms with Gasteiger partial charge in [-0.15, -0.1) is 11.8 Å². The number of epoxide rings is 1. The fourth-order valence-electron chi connectivity index (χ4n) is 1.65. The van der Waals surface area contributed by atoms with Crippen LogP contribution in [0.25, 0.3) is 0 Å². The highest BCUT2D eigenvalue weighted by molar-refractivity contribution is 8.22. The summed E-state index contributed by atoms with van der Waals surface area (Å²) in [6.07, 6.45) is 0.711. The zero-order valence-electron chi connectivity index (χ0n) is 8.21. The van der Waals surface area contributed by atoms with Crippen molar-refractivity contribution in [1.82, 2.24) is 4.90 Å². The zero-order chi connectivity index (χ0) is 11.3. The maximum Gasteiger partial charge on any atom is 0.354 e. The number of carboxylic acid groups (broad SMARTS) is 1. The minimum absolute atomic E-state index is 0.0150. The molecule has 3 heterocycles. The van der Waals surface area contributed by atoms with E-state index in [2.05, 4.69) is 0 Å². The number of fused-ring (bicyclic) bond motifs is 1. The first-order chi connectivity index (χ1) is 7.66. The molecule has 1 amide bonds. The first-order valence-corrected chi connectivity index (χ1v) is 6.74. The van der Waals surface area contributed by atoms with Gasteiger partial charge in [0.05, 0.1) is 28.7 Å². The van der Waals surface area contributed by atoms with Crippen LogP contribution < -0.4 is 0 Å². The fraction of sp³-hybridized carbons (Fsp3) is 0.556. The summed E-state index contributed by atoms with van der Waals surface area (Å²) in [4.78, 5) is 23.8. The van der Waals surface area contributed by atoms with Gasteiger partial charge in [0, 0.05) is 5.75 Å². The number of carbonyl (C=O) groups excluding carboxylic acids is 1. The molecule has 2 fully saturated rings. The number of aliphatic carboxylic acids is 1. The van der Waals surface area contributed by atoms with Crippen LogP contribution in [0.5, 0.6) is 0 Å².